The third kappa shape index (κ3) is 2.93. The number of pyridine rings is 1. The monoisotopic (exact) mass is 206 g/mol. The lowest BCUT2D eigenvalue weighted by molar-refractivity contribution is 0.0300. The number of hydrogen-bond acceptors (Lipinski definition) is 3. The van der Waals surface area contributed by atoms with Gasteiger partial charge in [0.05, 0.1) is 5.69 Å². The molecule has 1 saturated heterocycles. The molecule has 2 heterocycles. The Kier molecular flexibility index (Phi) is 3.21. The maximum absolute atomic E-state index is 5.38. The van der Waals surface area contributed by atoms with E-state index >= 15 is 0 Å². The number of ether oxygens (including phenoxy) is 1. The van der Waals surface area contributed by atoms with Crippen molar-refractivity contribution in [1.29, 1.82) is 0 Å². The summed E-state index contributed by atoms with van der Waals surface area (Å²) in [5, 5.41) is 3.44. The zero-order valence-corrected chi connectivity index (χ0v) is 9.20. The molecule has 0 amide bonds. The minimum atomic E-state index is 0.369. The molecule has 0 aromatic carbocycles. The van der Waals surface area contributed by atoms with Gasteiger partial charge in [-0.25, -0.2) is 0 Å². The second kappa shape index (κ2) is 4.62. The highest BCUT2D eigenvalue weighted by molar-refractivity contribution is 5.39. The van der Waals surface area contributed by atoms with E-state index in [1.807, 2.05) is 12.3 Å². The minimum Gasteiger partial charge on any atom is -0.383 e. The van der Waals surface area contributed by atoms with Crippen molar-refractivity contribution in [2.45, 2.75) is 19.8 Å². The fourth-order valence-corrected chi connectivity index (χ4v) is 1.82. The molecule has 1 aromatic rings. The molecule has 0 saturated carbocycles. The van der Waals surface area contributed by atoms with Crippen LogP contribution in [0.15, 0.2) is 24.5 Å². The van der Waals surface area contributed by atoms with Crippen molar-refractivity contribution in [3.8, 4) is 0 Å². The van der Waals surface area contributed by atoms with Gasteiger partial charge in [-0.15, -0.1) is 0 Å². The molecule has 1 aliphatic rings. The standard InChI is InChI=1S/C12H18N2O/c1-12(4-7-15-8-5-12)10-14-11-3-2-6-13-9-11/h2-3,6,9,14H,4-5,7-8,10H2,1H3. The van der Waals surface area contributed by atoms with E-state index in [4.69, 9.17) is 4.74 Å². The van der Waals surface area contributed by atoms with E-state index in [1.165, 1.54) is 0 Å². The minimum absolute atomic E-state index is 0.369. The van der Waals surface area contributed by atoms with Crippen LogP contribution in [0.3, 0.4) is 0 Å². The van der Waals surface area contributed by atoms with E-state index in [9.17, 15) is 0 Å². The lowest BCUT2D eigenvalue weighted by Crippen LogP contribution is -2.33. The normalized spacial score (nSPS) is 19.8. The smallest absolute Gasteiger partial charge is 0.0526 e. The summed E-state index contributed by atoms with van der Waals surface area (Å²) in [4.78, 5) is 4.08. The zero-order chi connectivity index (χ0) is 10.6. The first-order chi connectivity index (χ1) is 7.29. The summed E-state index contributed by atoms with van der Waals surface area (Å²) in [6.07, 6.45) is 5.94. The molecule has 3 heteroatoms. The third-order valence-electron chi connectivity index (χ3n) is 3.08. The van der Waals surface area contributed by atoms with Gasteiger partial charge >= 0.3 is 0 Å². The fraction of sp³-hybridized carbons (Fsp3) is 0.583. The van der Waals surface area contributed by atoms with Crippen LogP contribution in [0.25, 0.3) is 0 Å². The molecule has 0 aliphatic carbocycles. The zero-order valence-electron chi connectivity index (χ0n) is 9.20. The molecule has 0 bridgehead atoms. The molecule has 0 radical (unpaired) electrons. The van der Waals surface area contributed by atoms with Crippen molar-refractivity contribution in [2.24, 2.45) is 5.41 Å². The Hall–Kier alpha value is -1.09. The van der Waals surface area contributed by atoms with E-state index < -0.39 is 0 Å². The number of aromatic nitrogens is 1. The highest BCUT2D eigenvalue weighted by atomic mass is 16.5. The van der Waals surface area contributed by atoms with Crippen LogP contribution in [-0.4, -0.2) is 24.7 Å². The van der Waals surface area contributed by atoms with Crippen LogP contribution in [0, 0.1) is 5.41 Å². The van der Waals surface area contributed by atoms with Crippen LogP contribution in [0.2, 0.25) is 0 Å². The summed E-state index contributed by atoms with van der Waals surface area (Å²) in [6.45, 7) is 5.11. The molecule has 3 nitrogen and oxygen atoms in total. The second-order valence-electron chi connectivity index (χ2n) is 4.52. The first-order valence-electron chi connectivity index (χ1n) is 5.50. The maximum Gasteiger partial charge on any atom is 0.0526 e. The molecule has 1 aliphatic heterocycles. The van der Waals surface area contributed by atoms with Gasteiger partial charge in [0.25, 0.3) is 0 Å². The van der Waals surface area contributed by atoms with Crippen molar-refractivity contribution in [1.82, 2.24) is 4.98 Å². The third-order valence-corrected chi connectivity index (χ3v) is 3.08. The summed E-state index contributed by atoms with van der Waals surface area (Å²) in [6, 6.07) is 4.00. The van der Waals surface area contributed by atoms with Crippen molar-refractivity contribution >= 4 is 5.69 Å². The van der Waals surface area contributed by atoms with Crippen LogP contribution in [-0.2, 0) is 4.74 Å². The molecule has 15 heavy (non-hydrogen) atoms. The largest absolute Gasteiger partial charge is 0.383 e. The second-order valence-corrected chi connectivity index (χ2v) is 4.52. The van der Waals surface area contributed by atoms with Crippen molar-refractivity contribution < 1.29 is 4.74 Å². The molecular weight excluding hydrogens is 188 g/mol. The number of anilines is 1. The Morgan fingerprint density at radius 2 is 2.27 bits per heavy atom. The molecule has 0 unspecified atom stereocenters. The predicted octanol–water partition coefficient (Wildman–Crippen LogP) is 2.31. The van der Waals surface area contributed by atoms with Crippen LogP contribution < -0.4 is 5.32 Å². The fourth-order valence-electron chi connectivity index (χ4n) is 1.82. The van der Waals surface area contributed by atoms with E-state index in [1.54, 1.807) is 6.20 Å². The predicted molar refractivity (Wildman–Crippen MR) is 60.9 cm³/mol. The lowest BCUT2D eigenvalue weighted by atomic mass is 9.82. The van der Waals surface area contributed by atoms with Crippen LogP contribution in [0.1, 0.15) is 19.8 Å². The Labute approximate surface area is 90.9 Å². The average Bonchev–Trinajstić information content (AvgIpc) is 2.29. The Morgan fingerprint density at radius 1 is 1.47 bits per heavy atom. The van der Waals surface area contributed by atoms with E-state index in [0.29, 0.717) is 5.41 Å². The molecule has 1 fully saturated rings. The summed E-state index contributed by atoms with van der Waals surface area (Å²) in [7, 11) is 0. The quantitative estimate of drug-likeness (QED) is 0.824. The van der Waals surface area contributed by atoms with Gasteiger partial charge in [0.2, 0.25) is 0 Å². The van der Waals surface area contributed by atoms with Crippen molar-refractivity contribution in [3.63, 3.8) is 0 Å². The van der Waals surface area contributed by atoms with Crippen molar-refractivity contribution in [3.05, 3.63) is 24.5 Å². The topological polar surface area (TPSA) is 34.2 Å². The molecule has 82 valence electrons. The summed E-state index contributed by atoms with van der Waals surface area (Å²) in [5.41, 5.74) is 1.47. The SMILES string of the molecule is CC1(CNc2cccnc2)CCOCC1. The molecule has 2 rings (SSSR count). The van der Waals surface area contributed by atoms with E-state index in [2.05, 4.69) is 23.3 Å². The van der Waals surface area contributed by atoms with Gasteiger partial charge in [-0.2, -0.15) is 0 Å². The van der Waals surface area contributed by atoms with Gasteiger partial charge in [0.1, 0.15) is 0 Å². The van der Waals surface area contributed by atoms with Gasteiger partial charge in [-0.05, 0) is 30.4 Å². The van der Waals surface area contributed by atoms with E-state index in [0.717, 1.165) is 38.3 Å². The molecule has 0 atom stereocenters. The van der Waals surface area contributed by atoms with Gasteiger partial charge in [0, 0.05) is 32.2 Å². The molecule has 1 aromatic heterocycles. The maximum atomic E-state index is 5.38. The summed E-state index contributed by atoms with van der Waals surface area (Å²) in [5.74, 6) is 0. The summed E-state index contributed by atoms with van der Waals surface area (Å²) < 4.78 is 5.38. The molecule has 1 N–H and O–H groups in total. The van der Waals surface area contributed by atoms with E-state index in [-0.39, 0.29) is 0 Å². The van der Waals surface area contributed by atoms with Crippen LogP contribution in [0.4, 0.5) is 5.69 Å². The van der Waals surface area contributed by atoms with Gasteiger partial charge < -0.3 is 10.1 Å². The van der Waals surface area contributed by atoms with Gasteiger partial charge in [0.15, 0.2) is 0 Å². The molecular formula is C12H18N2O. The van der Waals surface area contributed by atoms with Crippen LogP contribution >= 0.6 is 0 Å². The lowest BCUT2D eigenvalue weighted by Gasteiger charge is -2.33. The highest BCUT2D eigenvalue weighted by Crippen LogP contribution is 2.29. The Balaban J connectivity index is 1.87. The van der Waals surface area contributed by atoms with Gasteiger partial charge in [-0.3, -0.25) is 4.98 Å². The number of rotatable bonds is 3. The number of nitrogens with one attached hydrogen (secondary N) is 1. The Bertz CT molecular complexity index is 294. The molecule has 0 spiro atoms. The number of hydrogen-bond donors (Lipinski definition) is 1. The van der Waals surface area contributed by atoms with Gasteiger partial charge in [-0.1, -0.05) is 6.92 Å². The highest BCUT2D eigenvalue weighted by Gasteiger charge is 2.26. The first-order valence-corrected chi connectivity index (χ1v) is 5.50. The Morgan fingerprint density at radius 3 is 2.93 bits per heavy atom. The summed E-state index contributed by atoms with van der Waals surface area (Å²) >= 11 is 0. The van der Waals surface area contributed by atoms with Crippen molar-refractivity contribution in [2.75, 3.05) is 25.1 Å². The first kappa shape index (κ1) is 10.4. The number of nitrogens with zero attached hydrogens (tertiary/aromatic N) is 1. The van der Waals surface area contributed by atoms with Crippen LogP contribution in [0.5, 0.6) is 0 Å². The average molecular weight is 206 g/mol.